The van der Waals surface area contributed by atoms with Gasteiger partial charge in [-0.05, 0) is 46.2 Å². The summed E-state index contributed by atoms with van der Waals surface area (Å²) in [5.41, 5.74) is 0.804. The first-order valence-corrected chi connectivity index (χ1v) is 20.3. The highest BCUT2D eigenvalue weighted by Gasteiger charge is 2.21. The van der Waals surface area contributed by atoms with E-state index in [4.69, 9.17) is 0 Å². The second kappa shape index (κ2) is 8.97. The normalized spacial score (nSPS) is 13.4. The Hall–Kier alpha value is -0.366. The molecule has 0 aliphatic carbocycles. The zero-order chi connectivity index (χ0) is 21.1. The second-order valence-electron chi connectivity index (χ2n) is 9.16. The van der Waals surface area contributed by atoms with Crippen LogP contribution in [0.25, 0.3) is 0 Å². The first kappa shape index (κ1) is 24.7. The van der Waals surface area contributed by atoms with Crippen LogP contribution in [0.1, 0.15) is 0 Å². The number of benzene rings is 1. The highest BCUT2D eigenvalue weighted by Crippen LogP contribution is 2.28. The molecule has 0 heterocycles. The zero-order valence-electron chi connectivity index (χ0n) is 16.9. The fraction of sp³-hybridized carbons (Fsp3) is 0.625. The Balaban J connectivity index is 2.82. The molecule has 6 nitrogen and oxygen atoms in total. The summed E-state index contributed by atoms with van der Waals surface area (Å²) in [6, 6.07) is 6.05. The number of rotatable bonds is 10. The number of hydrogen-bond donors (Lipinski definition) is 2. The standard InChI is InChI=1S/C16H31BrN2O4S2Si2/c1-26(2,3)11-9-24(20,21)18-14-7-8-16(15(17)13-14)19-25(22,23)10-12-27(4,5)6/h7-8,13,18-19H,9-12H2,1-6H3. The van der Waals surface area contributed by atoms with Gasteiger partial charge in [0.2, 0.25) is 20.0 Å². The third-order valence-electron chi connectivity index (χ3n) is 3.75. The largest absolute Gasteiger partial charge is 0.284 e. The Labute approximate surface area is 174 Å². The Morgan fingerprint density at radius 2 is 1.26 bits per heavy atom. The van der Waals surface area contributed by atoms with Crippen molar-refractivity contribution in [2.75, 3.05) is 20.9 Å². The molecular formula is C16H31BrN2O4S2Si2. The van der Waals surface area contributed by atoms with Gasteiger partial charge in [0.05, 0.1) is 17.2 Å². The molecule has 0 amide bonds. The molecule has 0 bridgehead atoms. The van der Waals surface area contributed by atoms with Gasteiger partial charge >= 0.3 is 0 Å². The molecule has 1 aromatic rings. The predicted octanol–water partition coefficient (Wildman–Crippen LogP) is 4.61. The molecule has 1 aromatic carbocycles. The van der Waals surface area contributed by atoms with Crippen LogP contribution in [-0.2, 0) is 20.0 Å². The molecule has 0 radical (unpaired) electrons. The van der Waals surface area contributed by atoms with E-state index < -0.39 is 36.2 Å². The average molecular weight is 516 g/mol. The smallest absolute Gasteiger partial charge is 0.232 e. The lowest BCUT2D eigenvalue weighted by Crippen LogP contribution is -2.27. The van der Waals surface area contributed by atoms with E-state index in [1.165, 1.54) is 0 Å². The molecular weight excluding hydrogens is 484 g/mol. The van der Waals surface area contributed by atoms with Crippen molar-refractivity contribution in [1.82, 2.24) is 0 Å². The van der Waals surface area contributed by atoms with E-state index in [2.05, 4.69) is 64.7 Å². The van der Waals surface area contributed by atoms with Crippen LogP contribution >= 0.6 is 15.9 Å². The Morgan fingerprint density at radius 3 is 1.67 bits per heavy atom. The number of anilines is 2. The lowest BCUT2D eigenvalue weighted by Gasteiger charge is -2.17. The second-order valence-corrected chi connectivity index (χ2v) is 24.9. The number of nitrogens with one attached hydrogen (secondary N) is 2. The summed E-state index contributed by atoms with van der Waals surface area (Å²) in [4.78, 5) is 0. The highest BCUT2D eigenvalue weighted by atomic mass is 79.9. The summed E-state index contributed by atoms with van der Waals surface area (Å²) >= 11 is 3.32. The van der Waals surface area contributed by atoms with Crippen LogP contribution in [-0.4, -0.2) is 44.5 Å². The predicted molar refractivity (Wildman–Crippen MR) is 125 cm³/mol. The van der Waals surface area contributed by atoms with Gasteiger partial charge in [0.1, 0.15) is 0 Å². The maximum absolute atomic E-state index is 12.3. The Morgan fingerprint density at radius 1 is 0.815 bits per heavy atom. The molecule has 2 N–H and O–H groups in total. The SMILES string of the molecule is C[Si](C)(C)CCS(=O)(=O)Nc1ccc(NS(=O)(=O)CC[Si](C)(C)C)c(Br)c1. The Kier molecular flexibility index (Phi) is 8.20. The van der Waals surface area contributed by atoms with Gasteiger partial charge in [0.25, 0.3) is 0 Å². The first-order valence-electron chi connectivity index (χ1n) is 8.79. The molecule has 0 saturated carbocycles. The first-order chi connectivity index (χ1) is 12.0. The summed E-state index contributed by atoms with van der Waals surface area (Å²) in [6.07, 6.45) is 0. The fourth-order valence-corrected chi connectivity index (χ4v) is 10.9. The zero-order valence-corrected chi connectivity index (χ0v) is 22.1. The monoisotopic (exact) mass is 514 g/mol. The van der Waals surface area contributed by atoms with Crippen molar-refractivity contribution < 1.29 is 16.8 Å². The van der Waals surface area contributed by atoms with E-state index in [9.17, 15) is 16.8 Å². The molecule has 0 unspecified atom stereocenters. The topological polar surface area (TPSA) is 92.3 Å². The summed E-state index contributed by atoms with van der Waals surface area (Å²) in [6.45, 7) is 12.8. The van der Waals surface area contributed by atoms with Crippen molar-refractivity contribution in [3.8, 4) is 0 Å². The minimum absolute atomic E-state index is 0.0836. The molecule has 0 aliphatic heterocycles. The van der Waals surface area contributed by atoms with Crippen molar-refractivity contribution in [3.63, 3.8) is 0 Å². The highest BCUT2D eigenvalue weighted by molar-refractivity contribution is 9.10. The maximum Gasteiger partial charge on any atom is 0.232 e. The van der Waals surface area contributed by atoms with Crippen LogP contribution < -0.4 is 9.44 Å². The quantitative estimate of drug-likeness (QED) is 0.445. The van der Waals surface area contributed by atoms with Crippen molar-refractivity contribution in [2.24, 2.45) is 0 Å². The van der Waals surface area contributed by atoms with E-state index in [1.54, 1.807) is 18.2 Å². The van der Waals surface area contributed by atoms with Crippen molar-refractivity contribution in [1.29, 1.82) is 0 Å². The summed E-state index contributed by atoms with van der Waals surface area (Å²) < 4.78 is 54.6. The molecule has 0 saturated heterocycles. The van der Waals surface area contributed by atoms with Crippen LogP contribution in [0.2, 0.25) is 51.4 Å². The molecule has 11 heteroatoms. The molecule has 0 spiro atoms. The lowest BCUT2D eigenvalue weighted by molar-refractivity contribution is 0.600. The molecule has 0 fully saturated rings. The van der Waals surface area contributed by atoms with Gasteiger partial charge in [-0.1, -0.05) is 39.3 Å². The van der Waals surface area contributed by atoms with Gasteiger partial charge in [0, 0.05) is 26.3 Å². The van der Waals surface area contributed by atoms with Crippen LogP contribution in [0.3, 0.4) is 0 Å². The summed E-state index contributed by atoms with van der Waals surface area (Å²) in [5, 5.41) is 0. The number of hydrogen-bond acceptors (Lipinski definition) is 4. The van der Waals surface area contributed by atoms with Gasteiger partial charge in [-0.15, -0.1) is 0 Å². The van der Waals surface area contributed by atoms with E-state index in [0.29, 0.717) is 27.9 Å². The summed E-state index contributed by atoms with van der Waals surface area (Å²) in [5.74, 6) is 0.172. The minimum Gasteiger partial charge on any atom is -0.284 e. The van der Waals surface area contributed by atoms with Crippen molar-refractivity contribution >= 4 is 63.5 Å². The van der Waals surface area contributed by atoms with Gasteiger partial charge in [-0.3, -0.25) is 9.44 Å². The van der Waals surface area contributed by atoms with Crippen molar-refractivity contribution in [3.05, 3.63) is 22.7 Å². The lowest BCUT2D eigenvalue weighted by atomic mass is 10.3. The molecule has 0 aliphatic rings. The van der Waals surface area contributed by atoms with Gasteiger partial charge in [0.15, 0.2) is 0 Å². The third kappa shape index (κ3) is 10.7. The maximum atomic E-state index is 12.3. The molecule has 0 atom stereocenters. The van der Waals surface area contributed by atoms with E-state index in [-0.39, 0.29) is 11.5 Å². The molecule has 1 rings (SSSR count). The summed E-state index contributed by atoms with van der Waals surface area (Å²) in [7, 11) is -9.78. The van der Waals surface area contributed by atoms with Gasteiger partial charge in [-0.25, -0.2) is 16.8 Å². The number of sulfonamides is 2. The average Bonchev–Trinajstić information content (AvgIpc) is 2.45. The van der Waals surface area contributed by atoms with Crippen LogP contribution in [0.4, 0.5) is 11.4 Å². The van der Waals surface area contributed by atoms with Gasteiger partial charge in [-0.2, -0.15) is 0 Å². The molecule has 27 heavy (non-hydrogen) atoms. The van der Waals surface area contributed by atoms with Crippen LogP contribution in [0.5, 0.6) is 0 Å². The minimum atomic E-state index is -3.44. The fourth-order valence-electron chi connectivity index (χ4n) is 1.99. The van der Waals surface area contributed by atoms with E-state index in [0.717, 1.165) is 0 Å². The van der Waals surface area contributed by atoms with E-state index >= 15 is 0 Å². The van der Waals surface area contributed by atoms with Crippen LogP contribution in [0.15, 0.2) is 22.7 Å². The molecule has 156 valence electrons. The van der Waals surface area contributed by atoms with Gasteiger partial charge < -0.3 is 0 Å². The number of halogens is 1. The third-order valence-corrected chi connectivity index (χ3v) is 11.2. The molecule has 0 aromatic heterocycles. The Bertz CT molecular complexity index is 861. The van der Waals surface area contributed by atoms with E-state index in [1.807, 2.05) is 0 Å². The van der Waals surface area contributed by atoms with Crippen LogP contribution in [0, 0.1) is 0 Å². The van der Waals surface area contributed by atoms with Crippen molar-refractivity contribution in [2.45, 2.75) is 51.4 Å².